The highest BCUT2D eigenvalue weighted by molar-refractivity contribution is 8.18. The molecule has 0 bridgehead atoms. The quantitative estimate of drug-likeness (QED) is 0.810. The molecule has 0 aliphatic carbocycles. The van der Waals surface area contributed by atoms with E-state index in [-0.39, 0.29) is 11.1 Å². The third-order valence-electron chi connectivity index (χ3n) is 3.24. The number of thioether (sulfide) groups is 1. The summed E-state index contributed by atoms with van der Waals surface area (Å²) >= 11 is 0.906. The molecule has 2 aromatic rings. The van der Waals surface area contributed by atoms with Crippen LogP contribution < -0.4 is 4.74 Å². The van der Waals surface area contributed by atoms with Crippen LogP contribution in [0.5, 0.6) is 5.75 Å². The maximum atomic E-state index is 11.8. The van der Waals surface area contributed by atoms with Crippen molar-refractivity contribution in [2.75, 3.05) is 14.2 Å². The topological polar surface area (TPSA) is 59.8 Å². The molecule has 0 unspecified atom stereocenters. The van der Waals surface area contributed by atoms with Gasteiger partial charge in [0.1, 0.15) is 17.3 Å². The van der Waals surface area contributed by atoms with Gasteiger partial charge in [0, 0.05) is 18.7 Å². The van der Waals surface area contributed by atoms with E-state index in [1.165, 1.54) is 7.05 Å². The Morgan fingerprint density at radius 1 is 1.23 bits per heavy atom. The average Bonchev–Trinajstić information content (AvgIpc) is 3.09. The van der Waals surface area contributed by atoms with Crippen LogP contribution in [0.4, 0.5) is 4.79 Å². The molecule has 1 aliphatic rings. The summed E-state index contributed by atoms with van der Waals surface area (Å²) in [6.07, 6.45) is 1.58. The number of hydrogen-bond donors (Lipinski definition) is 0. The van der Waals surface area contributed by atoms with Crippen molar-refractivity contribution in [1.82, 2.24) is 4.90 Å². The molecule has 0 spiro atoms. The minimum absolute atomic E-state index is 0.282. The molecule has 3 rings (SSSR count). The second-order valence-corrected chi connectivity index (χ2v) is 5.67. The van der Waals surface area contributed by atoms with Gasteiger partial charge in [0.2, 0.25) is 0 Å². The molecule has 2 amide bonds. The number of benzene rings is 1. The number of furan rings is 1. The number of likely N-dealkylation sites (N-methyl/N-ethyl adjacent to an activating group) is 1. The number of ether oxygens (including phenoxy) is 1. The van der Waals surface area contributed by atoms with E-state index in [1.54, 1.807) is 19.3 Å². The highest BCUT2D eigenvalue weighted by Gasteiger charge is 2.32. The van der Waals surface area contributed by atoms with Gasteiger partial charge in [0.15, 0.2) is 0 Å². The van der Waals surface area contributed by atoms with E-state index in [9.17, 15) is 9.59 Å². The van der Waals surface area contributed by atoms with Crippen molar-refractivity contribution in [3.8, 4) is 17.1 Å². The lowest BCUT2D eigenvalue weighted by molar-refractivity contribution is -0.121. The van der Waals surface area contributed by atoms with Crippen molar-refractivity contribution < 1.29 is 18.7 Å². The lowest BCUT2D eigenvalue weighted by atomic mass is 10.2. The molecule has 0 atom stereocenters. The number of hydrogen-bond acceptors (Lipinski definition) is 5. The molecular formula is C16H13NO4S. The van der Waals surface area contributed by atoms with Crippen molar-refractivity contribution in [3.05, 3.63) is 47.1 Å². The Kier molecular flexibility index (Phi) is 3.77. The first-order valence-electron chi connectivity index (χ1n) is 6.54. The molecular weight excluding hydrogens is 302 g/mol. The van der Waals surface area contributed by atoms with Crippen LogP contribution in [0.2, 0.25) is 0 Å². The Balaban J connectivity index is 1.88. The standard InChI is InChI=1S/C16H13NO4S/c1-17-15(18)14(22-16(17)19)9-12-6-7-13(21-12)10-4-3-5-11(8-10)20-2/h3-9H,1-2H3. The summed E-state index contributed by atoms with van der Waals surface area (Å²) < 4.78 is 10.9. The summed E-state index contributed by atoms with van der Waals surface area (Å²) in [7, 11) is 3.07. The molecule has 1 aliphatic heterocycles. The monoisotopic (exact) mass is 315 g/mol. The van der Waals surface area contributed by atoms with E-state index in [0.717, 1.165) is 28.0 Å². The van der Waals surface area contributed by atoms with Crippen LogP contribution in [0.15, 0.2) is 45.7 Å². The third kappa shape index (κ3) is 2.65. The number of methoxy groups -OCH3 is 1. The number of carbonyl (C=O) groups excluding carboxylic acids is 2. The molecule has 0 N–H and O–H groups in total. The molecule has 1 saturated heterocycles. The van der Waals surface area contributed by atoms with Gasteiger partial charge in [-0.15, -0.1) is 0 Å². The summed E-state index contributed by atoms with van der Waals surface area (Å²) in [4.78, 5) is 24.7. The minimum Gasteiger partial charge on any atom is -0.497 e. The van der Waals surface area contributed by atoms with Gasteiger partial charge in [-0.2, -0.15) is 0 Å². The van der Waals surface area contributed by atoms with Crippen LogP contribution in [-0.4, -0.2) is 30.2 Å². The normalized spacial score (nSPS) is 16.6. The van der Waals surface area contributed by atoms with E-state index in [0.29, 0.717) is 16.4 Å². The smallest absolute Gasteiger partial charge is 0.293 e. The van der Waals surface area contributed by atoms with Gasteiger partial charge in [0.25, 0.3) is 11.1 Å². The number of amides is 2. The maximum absolute atomic E-state index is 11.8. The van der Waals surface area contributed by atoms with E-state index < -0.39 is 0 Å². The SMILES string of the molecule is COc1cccc(-c2ccc(C=C3SC(=O)N(C)C3=O)o2)c1. The van der Waals surface area contributed by atoms with Gasteiger partial charge >= 0.3 is 0 Å². The Bertz CT molecular complexity index is 778. The Morgan fingerprint density at radius 3 is 2.73 bits per heavy atom. The van der Waals surface area contributed by atoms with Gasteiger partial charge in [-0.1, -0.05) is 12.1 Å². The molecule has 1 fully saturated rings. The zero-order chi connectivity index (χ0) is 15.7. The first-order valence-corrected chi connectivity index (χ1v) is 7.36. The number of imide groups is 1. The summed E-state index contributed by atoms with van der Waals surface area (Å²) in [6.45, 7) is 0. The lowest BCUT2D eigenvalue weighted by Crippen LogP contribution is -2.22. The number of nitrogens with zero attached hydrogens (tertiary/aromatic N) is 1. The Hall–Kier alpha value is -2.47. The maximum Gasteiger partial charge on any atom is 0.293 e. The van der Waals surface area contributed by atoms with E-state index in [1.807, 2.05) is 30.3 Å². The number of carbonyl (C=O) groups is 2. The minimum atomic E-state index is -0.311. The van der Waals surface area contributed by atoms with Crippen LogP contribution in [0.3, 0.4) is 0 Å². The molecule has 2 heterocycles. The highest BCUT2D eigenvalue weighted by atomic mass is 32.2. The molecule has 112 valence electrons. The average molecular weight is 315 g/mol. The fraction of sp³-hybridized carbons (Fsp3) is 0.125. The predicted molar refractivity (Wildman–Crippen MR) is 84.4 cm³/mol. The molecule has 1 aromatic heterocycles. The second kappa shape index (κ2) is 5.73. The zero-order valence-corrected chi connectivity index (χ0v) is 12.8. The molecule has 6 heteroatoms. The van der Waals surface area contributed by atoms with Crippen molar-refractivity contribution >= 4 is 29.0 Å². The van der Waals surface area contributed by atoms with Gasteiger partial charge in [-0.25, -0.2) is 0 Å². The highest BCUT2D eigenvalue weighted by Crippen LogP contribution is 2.32. The molecule has 22 heavy (non-hydrogen) atoms. The summed E-state index contributed by atoms with van der Waals surface area (Å²) in [5.74, 6) is 1.62. The largest absolute Gasteiger partial charge is 0.497 e. The van der Waals surface area contributed by atoms with Crippen LogP contribution >= 0.6 is 11.8 Å². The van der Waals surface area contributed by atoms with Crippen LogP contribution in [0, 0.1) is 0 Å². The molecule has 1 aromatic carbocycles. The van der Waals surface area contributed by atoms with Crippen molar-refractivity contribution in [2.24, 2.45) is 0 Å². The Morgan fingerprint density at radius 2 is 2.05 bits per heavy atom. The first kappa shape index (κ1) is 14.5. The fourth-order valence-electron chi connectivity index (χ4n) is 2.04. The molecule has 0 radical (unpaired) electrons. The zero-order valence-electron chi connectivity index (χ0n) is 12.0. The summed E-state index contributed by atoms with van der Waals surface area (Å²) in [5.41, 5.74) is 0.877. The molecule has 5 nitrogen and oxygen atoms in total. The number of rotatable bonds is 3. The van der Waals surface area contributed by atoms with Gasteiger partial charge in [-0.3, -0.25) is 14.5 Å². The fourth-order valence-corrected chi connectivity index (χ4v) is 2.84. The van der Waals surface area contributed by atoms with Crippen molar-refractivity contribution in [3.63, 3.8) is 0 Å². The van der Waals surface area contributed by atoms with E-state index >= 15 is 0 Å². The van der Waals surface area contributed by atoms with Crippen LogP contribution in [0.1, 0.15) is 5.76 Å². The molecule has 0 saturated carbocycles. The van der Waals surface area contributed by atoms with Crippen molar-refractivity contribution in [1.29, 1.82) is 0 Å². The lowest BCUT2D eigenvalue weighted by Gasteiger charge is -2.01. The second-order valence-electron chi connectivity index (χ2n) is 4.67. The van der Waals surface area contributed by atoms with Gasteiger partial charge < -0.3 is 9.15 Å². The van der Waals surface area contributed by atoms with Gasteiger partial charge in [-0.05, 0) is 36.0 Å². The van der Waals surface area contributed by atoms with Crippen LogP contribution in [-0.2, 0) is 4.79 Å². The first-order chi connectivity index (χ1) is 10.6. The van der Waals surface area contributed by atoms with Gasteiger partial charge in [0.05, 0.1) is 12.0 Å². The van der Waals surface area contributed by atoms with E-state index in [4.69, 9.17) is 9.15 Å². The Labute approximate surface area is 131 Å². The summed E-state index contributed by atoms with van der Waals surface area (Å²) in [5, 5.41) is -0.282. The summed E-state index contributed by atoms with van der Waals surface area (Å²) in [6, 6.07) is 11.1. The third-order valence-corrected chi connectivity index (χ3v) is 4.20. The van der Waals surface area contributed by atoms with Crippen molar-refractivity contribution in [2.45, 2.75) is 0 Å². The van der Waals surface area contributed by atoms with E-state index in [2.05, 4.69) is 0 Å². The van der Waals surface area contributed by atoms with Crippen LogP contribution in [0.25, 0.3) is 17.4 Å². The predicted octanol–water partition coefficient (Wildman–Crippen LogP) is 3.62.